The number of aromatic amines is 1. The van der Waals surface area contributed by atoms with E-state index in [2.05, 4.69) is 9.97 Å². The van der Waals surface area contributed by atoms with E-state index in [4.69, 9.17) is 0 Å². The number of phenols is 1. The molecule has 3 nitrogen and oxygen atoms in total. The summed E-state index contributed by atoms with van der Waals surface area (Å²) in [5, 5.41) is 10.4. The van der Waals surface area contributed by atoms with Gasteiger partial charge in [-0.15, -0.1) is 0 Å². The Balaban J connectivity index is 2.05. The molecule has 0 fully saturated rings. The largest absolute Gasteiger partial charge is 0.505 e. The molecule has 0 spiro atoms. The minimum atomic E-state index is -0.639. The summed E-state index contributed by atoms with van der Waals surface area (Å²) in [6.45, 7) is 0. The highest BCUT2D eigenvalue weighted by Crippen LogP contribution is 2.38. The quantitative estimate of drug-likeness (QED) is 0.562. The molecule has 0 bridgehead atoms. The summed E-state index contributed by atoms with van der Waals surface area (Å²) in [6, 6.07) is 18.1. The zero-order valence-corrected chi connectivity index (χ0v) is 12.1. The number of phenolic OH excluding ortho intramolecular Hbond substituents is 1. The maximum Gasteiger partial charge on any atom is 0.165 e. The van der Waals surface area contributed by atoms with Crippen LogP contribution in [0.15, 0.2) is 66.9 Å². The first-order chi connectivity index (χ1) is 11.2. The van der Waals surface area contributed by atoms with Gasteiger partial charge in [0.2, 0.25) is 0 Å². The number of hydrogen-bond donors (Lipinski definition) is 2. The molecule has 23 heavy (non-hydrogen) atoms. The van der Waals surface area contributed by atoms with Crippen LogP contribution < -0.4 is 0 Å². The Bertz CT molecular complexity index is 993. The highest BCUT2D eigenvalue weighted by Gasteiger charge is 2.16. The number of hydrogen-bond acceptors (Lipinski definition) is 2. The average Bonchev–Trinajstić information content (AvgIpc) is 2.98. The van der Waals surface area contributed by atoms with E-state index in [9.17, 15) is 9.50 Å². The van der Waals surface area contributed by atoms with Crippen LogP contribution in [0.25, 0.3) is 33.4 Å². The SMILES string of the molecule is Oc1ccc(-c2c(-c3ccccc3)[nH]c3ncccc23)cc1F. The maximum atomic E-state index is 13.8. The van der Waals surface area contributed by atoms with Gasteiger partial charge in [0.25, 0.3) is 0 Å². The Morgan fingerprint density at radius 1 is 0.913 bits per heavy atom. The highest BCUT2D eigenvalue weighted by atomic mass is 19.1. The number of fused-ring (bicyclic) bond motifs is 1. The van der Waals surface area contributed by atoms with Gasteiger partial charge in [0, 0.05) is 17.1 Å². The molecule has 0 radical (unpaired) electrons. The van der Waals surface area contributed by atoms with E-state index in [1.54, 1.807) is 12.3 Å². The Hall–Kier alpha value is -3.14. The maximum absolute atomic E-state index is 13.8. The summed E-state index contributed by atoms with van der Waals surface area (Å²) in [5.41, 5.74) is 4.19. The summed E-state index contributed by atoms with van der Waals surface area (Å²) < 4.78 is 13.8. The van der Waals surface area contributed by atoms with Crippen molar-refractivity contribution < 1.29 is 9.50 Å². The van der Waals surface area contributed by atoms with Crippen LogP contribution in [0.1, 0.15) is 0 Å². The lowest BCUT2D eigenvalue weighted by atomic mass is 9.99. The molecule has 0 atom stereocenters. The highest BCUT2D eigenvalue weighted by molar-refractivity contribution is 6.02. The summed E-state index contributed by atoms with van der Waals surface area (Å²) in [5.74, 6) is -0.993. The number of benzene rings is 2. The normalized spacial score (nSPS) is 11.0. The Kier molecular flexibility index (Phi) is 3.08. The fourth-order valence-corrected chi connectivity index (χ4v) is 2.81. The van der Waals surface area contributed by atoms with Gasteiger partial charge >= 0.3 is 0 Å². The molecule has 2 heterocycles. The second kappa shape index (κ2) is 5.25. The molecule has 0 aliphatic heterocycles. The van der Waals surface area contributed by atoms with E-state index in [0.29, 0.717) is 5.56 Å². The number of nitrogens with zero attached hydrogens (tertiary/aromatic N) is 1. The van der Waals surface area contributed by atoms with Crippen LogP contribution in [0, 0.1) is 5.82 Å². The van der Waals surface area contributed by atoms with E-state index >= 15 is 0 Å². The van der Waals surface area contributed by atoms with E-state index in [-0.39, 0.29) is 5.75 Å². The number of rotatable bonds is 2. The molecule has 0 unspecified atom stereocenters. The van der Waals surface area contributed by atoms with Crippen molar-refractivity contribution >= 4 is 11.0 Å². The molecule has 2 N–H and O–H groups in total. The van der Waals surface area contributed by atoms with E-state index < -0.39 is 5.82 Å². The van der Waals surface area contributed by atoms with Gasteiger partial charge in [-0.25, -0.2) is 9.37 Å². The first-order valence-electron chi connectivity index (χ1n) is 7.25. The van der Waals surface area contributed by atoms with Crippen molar-refractivity contribution in [2.75, 3.05) is 0 Å². The third kappa shape index (κ3) is 2.25. The van der Waals surface area contributed by atoms with Crippen molar-refractivity contribution in [1.29, 1.82) is 0 Å². The lowest BCUT2D eigenvalue weighted by molar-refractivity contribution is 0.432. The third-order valence-corrected chi connectivity index (χ3v) is 3.87. The molecular formula is C19H13FN2O. The van der Waals surface area contributed by atoms with Gasteiger partial charge < -0.3 is 10.1 Å². The molecule has 0 aliphatic carbocycles. The lowest BCUT2D eigenvalue weighted by Gasteiger charge is -2.06. The summed E-state index contributed by atoms with van der Waals surface area (Å²) in [6.07, 6.45) is 1.72. The molecule has 0 saturated heterocycles. The Labute approximate surface area is 132 Å². The molecule has 0 amide bonds. The predicted octanol–water partition coefficient (Wildman–Crippen LogP) is 4.74. The first-order valence-corrected chi connectivity index (χ1v) is 7.25. The molecule has 112 valence electrons. The average molecular weight is 304 g/mol. The number of nitrogens with one attached hydrogen (secondary N) is 1. The van der Waals surface area contributed by atoms with Crippen LogP contribution in [-0.2, 0) is 0 Å². The molecule has 0 saturated carbocycles. The van der Waals surface area contributed by atoms with Crippen molar-refractivity contribution in [2.45, 2.75) is 0 Å². The number of aromatic hydroxyl groups is 1. The van der Waals surface area contributed by atoms with Crippen molar-refractivity contribution in [3.63, 3.8) is 0 Å². The summed E-state index contributed by atoms with van der Waals surface area (Å²) >= 11 is 0. The molecule has 0 aliphatic rings. The zero-order chi connectivity index (χ0) is 15.8. The number of aromatic nitrogens is 2. The fourth-order valence-electron chi connectivity index (χ4n) is 2.81. The molecule has 4 rings (SSSR count). The minimum Gasteiger partial charge on any atom is -0.505 e. The monoisotopic (exact) mass is 304 g/mol. The Morgan fingerprint density at radius 3 is 2.52 bits per heavy atom. The number of pyridine rings is 1. The smallest absolute Gasteiger partial charge is 0.165 e. The summed E-state index contributed by atoms with van der Waals surface area (Å²) in [4.78, 5) is 7.67. The van der Waals surface area contributed by atoms with Gasteiger partial charge in [0.15, 0.2) is 11.6 Å². The van der Waals surface area contributed by atoms with Gasteiger partial charge in [0.1, 0.15) is 5.65 Å². The van der Waals surface area contributed by atoms with Gasteiger partial charge in [0.05, 0.1) is 5.69 Å². The predicted molar refractivity (Wildman–Crippen MR) is 88.6 cm³/mol. The summed E-state index contributed by atoms with van der Waals surface area (Å²) in [7, 11) is 0. The topological polar surface area (TPSA) is 48.9 Å². The van der Waals surface area contributed by atoms with Crippen LogP contribution in [-0.4, -0.2) is 15.1 Å². The van der Waals surface area contributed by atoms with Gasteiger partial charge in [-0.3, -0.25) is 0 Å². The standard InChI is InChI=1S/C19H13FN2O/c20-15-11-13(8-9-16(15)23)17-14-7-4-10-21-19(14)22-18(17)12-5-2-1-3-6-12/h1-11,23H,(H,21,22). The van der Waals surface area contributed by atoms with Crippen molar-refractivity contribution in [1.82, 2.24) is 9.97 Å². The molecular weight excluding hydrogens is 291 g/mol. The van der Waals surface area contributed by atoms with Crippen LogP contribution in [0.4, 0.5) is 4.39 Å². The second-order valence-electron chi connectivity index (χ2n) is 5.31. The fraction of sp³-hybridized carbons (Fsp3) is 0. The Morgan fingerprint density at radius 2 is 1.74 bits per heavy atom. The van der Waals surface area contributed by atoms with Crippen molar-refractivity contribution in [3.05, 3.63) is 72.7 Å². The van der Waals surface area contributed by atoms with E-state index in [1.807, 2.05) is 42.5 Å². The lowest BCUT2D eigenvalue weighted by Crippen LogP contribution is -1.84. The molecule has 4 heteroatoms. The van der Waals surface area contributed by atoms with Gasteiger partial charge in [-0.1, -0.05) is 36.4 Å². The van der Waals surface area contributed by atoms with Crippen molar-refractivity contribution in [2.24, 2.45) is 0 Å². The number of halogens is 1. The number of H-pyrrole nitrogens is 1. The van der Waals surface area contributed by atoms with Gasteiger partial charge in [-0.2, -0.15) is 0 Å². The van der Waals surface area contributed by atoms with Crippen LogP contribution in [0.3, 0.4) is 0 Å². The minimum absolute atomic E-state index is 0.354. The third-order valence-electron chi connectivity index (χ3n) is 3.87. The van der Waals surface area contributed by atoms with Crippen LogP contribution in [0.2, 0.25) is 0 Å². The van der Waals surface area contributed by atoms with Crippen LogP contribution in [0.5, 0.6) is 5.75 Å². The first kappa shape index (κ1) is 13.5. The second-order valence-corrected chi connectivity index (χ2v) is 5.31. The van der Waals surface area contributed by atoms with Gasteiger partial charge in [-0.05, 0) is 35.4 Å². The van der Waals surface area contributed by atoms with E-state index in [0.717, 1.165) is 27.9 Å². The molecule has 2 aromatic heterocycles. The zero-order valence-electron chi connectivity index (χ0n) is 12.1. The van der Waals surface area contributed by atoms with E-state index in [1.165, 1.54) is 12.1 Å². The van der Waals surface area contributed by atoms with Crippen LogP contribution >= 0.6 is 0 Å². The van der Waals surface area contributed by atoms with Crippen molar-refractivity contribution in [3.8, 4) is 28.1 Å². The molecule has 4 aromatic rings. The molecule has 2 aromatic carbocycles.